The van der Waals surface area contributed by atoms with Crippen molar-refractivity contribution < 1.29 is 9.59 Å². The molecule has 0 saturated carbocycles. The summed E-state index contributed by atoms with van der Waals surface area (Å²) in [6.45, 7) is 7.22. The fourth-order valence-electron chi connectivity index (χ4n) is 1.68. The first-order valence-corrected chi connectivity index (χ1v) is 7.19. The summed E-state index contributed by atoms with van der Waals surface area (Å²) in [7, 11) is 0. The van der Waals surface area contributed by atoms with Crippen LogP contribution in [0.4, 0.5) is 0 Å². The molecule has 0 radical (unpaired) electrons. The minimum Gasteiger partial charge on any atom is -0.350 e. The summed E-state index contributed by atoms with van der Waals surface area (Å²) in [4.78, 5) is 23.2. The van der Waals surface area contributed by atoms with Gasteiger partial charge in [0.25, 0.3) is 0 Å². The van der Waals surface area contributed by atoms with E-state index in [0.29, 0.717) is 19.5 Å². The smallest absolute Gasteiger partial charge is 0.239 e. The minimum atomic E-state index is -0.184. The largest absolute Gasteiger partial charge is 0.350 e. The van der Waals surface area contributed by atoms with E-state index in [2.05, 4.69) is 16.0 Å². The van der Waals surface area contributed by atoms with Gasteiger partial charge < -0.3 is 16.0 Å². The van der Waals surface area contributed by atoms with Crippen LogP contribution in [0.5, 0.6) is 0 Å². The molecule has 116 valence electrons. The summed E-state index contributed by atoms with van der Waals surface area (Å²) in [6, 6.07) is 9.65. The summed E-state index contributed by atoms with van der Waals surface area (Å²) in [5.74, 6) is -0.308. The molecule has 1 rings (SSSR count). The number of carbonyl (C=O) groups excluding carboxylic acids is 2. The van der Waals surface area contributed by atoms with Gasteiger partial charge in [-0.15, -0.1) is 0 Å². The van der Waals surface area contributed by atoms with Gasteiger partial charge in [0.05, 0.1) is 6.54 Å². The first-order chi connectivity index (χ1) is 9.87. The Balaban J connectivity index is 2.13. The minimum absolute atomic E-state index is 0.00661. The van der Waals surface area contributed by atoms with Crippen molar-refractivity contribution >= 4 is 11.8 Å². The van der Waals surface area contributed by atoms with Crippen molar-refractivity contribution in [1.82, 2.24) is 16.0 Å². The molecule has 5 heteroatoms. The van der Waals surface area contributed by atoms with Gasteiger partial charge in [-0.1, -0.05) is 30.3 Å². The van der Waals surface area contributed by atoms with Crippen molar-refractivity contribution in [3.63, 3.8) is 0 Å². The Labute approximate surface area is 126 Å². The number of benzene rings is 1. The maximum atomic E-state index is 11.6. The molecule has 0 fully saturated rings. The molecule has 0 bridgehead atoms. The summed E-state index contributed by atoms with van der Waals surface area (Å²) >= 11 is 0. The SMILES string of the molecule is CC(C)(C)NCCC(=O)NCC(=O)NCc1ccccc1. The zero-order valence-corrected chi connectivity index (χ0v) is 13.0. The number of nitrogens with one attached hydrogen (secondary N) is 3. The lowest BCUT2D eigenvalue weighted by atomic mass is 10.1. The number of amides is 2. The van der Waals surface area contributed by atoms with Gasteiger partial charge in [0, 0.05) is 25.0 Å². The first-order valence-electron chi connectivity index (χ1n) is 7.19. The molecule has 2 amide bonds. The van der Waals surface area contributed by atoms with Crippen LogP contribution in [0, 0.1) is 0 Å². The summed E-state index contributed by atoms with van der Waals surface area (Å²) in [6.07, 6.45) is 0.364. The van der Waals surface area contributed by atoms with Crippen LogP contribution in [-0.2, 0) is 16.1 Å². The molecule has 0 unspecified atom stereocenters. The maximum Gasteiger partial charge on any atom is 0.239 e. The van der Waals surface area contributed by atoms with E-state index in [1.54, 1.807) is 0 Å². The average molecular weight is 291 g/mol. The summed E-state index contributed by atoms with van der Waals surface area (Å²) < 4.78 is 0. The Morgan fingerprint density at radius 3 is 2.29 bits per heavy atom. The molecule has 0 aliphatic heterocycles. The van der Waals surface area contributed by atoms with Gasteiger partial charge in [-0.2, -0.15) is 0 Å². The van der Waals surface area contributed by atoms with Crippen LogP contribution in [-0.4, -0.2) is 30.4 Å². The molecule has 21 heavy (non-hydrogen) atoms. The Morgan fingerprint density at radius 2 is 1.67 bits per heavy atom. The second kappa shape index (κ2) is 8.42. The highest BCUT2D eigenvalue weighted by molar-refractivity contribution is 5.84. The second-order valence-electron chi connectivity index (χ2n) is 5.97. The van der Waals surface area contributed by atoms with Crippen LogP contribution in [0.25, 0.3) is 0 Å². The highest BCUT2D eigenvalue weighted by Gasteiger charge is 2.10. The number of hydrogen-bond acceptors (Lipinski definition) is 3. The number of rotatable bonds is 7. The molecule has 0 aliphatic carbocycles. The van der Waals surface area contributed by atoms with Crippen LogP contribution < -0.4 is 16.0 Å². The Hall–Kier alpha value is -1.88. The zero-order valence-electron chi connectivity index (χ0n) is 13.0. The lowest BCUT2D eigenvalue weighted by Gasteiger charge is -2.20. The lowest BCUT2D eigenvalue weighted by Crippen LogP contribution is -2.40. The van der Waals surface area contributed by atoms with E-state index in [1.807, 2.05) is 51.1 Å². The fourth-order valence-corrected chi connectivity index (χ4v) is 1.68. The van der Waals surface area contributed by atoms with Crippen LogP contribution >= 0.6 is 0 Å². The Kier molecular flexibility index (Phi) is 6.88. The molecule has 0 saturated heterocycles. The lowest BCUT2D eigenvalue weighted by molar-refractivity contribution is -0.126. The van der Waals surface area contributed by atoms with E-state index >= 15 is 0 Å². The van der Waals surface area contributed by atoms with Crippen LogP contribution in [0.1, 0.15) is 32.8 Å². The predicted molar refractivity (Wildman–Crippen MR) is 83.7 cm³/mol. The number of hydrogen-bond donors (Lipinski definition) is 3. The van der Waals surface area contributed by atoms with E-state index < -0.39 is 0 Å². The Bertz CT molecular complexity index is 452. The molecule has 1 aromatic rings. The van der Waals surface area contributed by atoms with Gasteiger partial charge in [0.1, 0.15) is 0 Å². The Morgan fingerprint density at radius 1 is 1.00 bits per heavy atom. The number of carbonyl (C=O) groups is 2. The second-order valence-corrected chi connectivity index (χ2v) is 5.97. The van der Waals surface area contributed by atoms with Gasteiger partial charge in [-0.25, -0.2) is 0 Å². The normalized spacial score (nSPS) is 11.0. The first kappa shape index (κ1) is 17.2. The summed E-state index contributed by atoms with van der Waals surface area (Å²) in [5.41, 5.74) is 1.03. The van der Waals surface area contributed by atoms with Crippen LogP contribution in [0.2, 0.25) is 0 Å². The molecule has 0 aromatic heterocycles. The molecule has 0 atom stereocenters. The van der Waals surface area contributed by atoms with E-state index in [1.165, 1.54) is 0 Å². The van der Waals surface area contributed by atoms with Crippen molar-refractivity contribution in [1.29, 1.82) is 0 Å². The van der Waals surface area contributed by atoms with Crippen molar-refractivity contribution in [2.75, 3.05) is 13.1 Å². The van der Waals surface area contributed by atoms with Crippen LogP contribution in [0.3, 0.4) is 0 Å². The van der Waals surface area contributed by atoms with Gasteiger partial charge in [-0.3, -0.25) is 9.59 Å². The van der Waals surface area contributed by atoms with Crippen molar-refractivity contribution in [3.8, 4) is 0 Å². The van der Waals surface area contributed by atoms with E-state index in [-0.39, 0.29) is 23.9 Å². The van der Waals surface area contributed by atoms with Gasteiger partial charge in [0.2, 0.25) is 11.8 Å². The third-order valence-electron chi connectivity index (χ3n) is 2.79. The van der Waals surface area contributed by atoms with Crippen molar-refractivity contribution in [3.05, 3.63) is 35.9 Å². The molecule has 5 nitrogen and oxygen atoms in total. The maximum absolute atomic E-state index is 11.6. The molecule has 1 aromatic carbocycles. The standard InChI is InChI=1S/C16H25N3O2/c1-16(2,3)19-10-9-14(20)18-12-15(21)17-11-13-7-5-4-6-8-13/h4-8,19H,9-12H2,1-3H3,(H,17,21)(H,18,20). The predicted octanol–water partition coefficient (Wildman–Crippen LogP) is 1.20. The third-order valence-corrected chi connectivity index (χ3v) is 2.79. The van der Waals surface area contributed by atoms with Gasteiger partial charge in [-0.05, 0) is 26.3 Å². The molecule has 0 heterocycles. The van der Waals surface area contributed by atoms with E-state index in [4.69, 9.17) is 0 Å². The highest BCUT2D eigenvalue weighted by atomic mass is 16.2. The monoisotopic (exact) mass is 291 g/mol. The van der Waals surface area contributed by atoms with Gasteiger partial charge >= 0.3 is 0 Å². The van der Waals surface area contributed by atoms with Crippen molar-refractivity contribution in [2.45, 2.75) is 39.3 Å². The summed E-state index contributed by atoms with van der Waals surface area (Å²) in [5, 5.41) is 8.61. The van der Waals surface area contributed by atoms with E-state index in [9.17, 15) is 9.59 Å². The fraction of sp³-hybridized carbons (Fsp3) is 0.500. The quantitative estimate of drug-likeness (QED) is 0.707. The molecule has 0 aliphatic rings. The third kappa shape index (κ3) is 8.81. The molecular formula is C16H25N3O2. The van der Waals surface area contributed by atoms with Crippen LogP contribution in [0.15, 0.2) is 30.3 Å². The molecule has 0 spiro atoms. The van der Waals surface area contributed by atoms with Crippen molar-refractivity contribution in [2.24, 2.45) is 0 Å². The molecule has 3 N–H and O–H groups in total. The van der Waals surface area contributed by atoms with Gasteiger partial charge in [0.15, 0.2) is 0 Å². The van der Waals surface area contributed by atoms with E-state index in [0.717, 1.165) is 5.56 Å². The zero-order chi connectivity index (χ0) is 15.7. The topological polar surface area (TPSA) is 70.2 Å². The highest BCUT2D eigenvalue weighted by Crippen LogP contribution is 1.98. The average Bonchev–Trinajstić information content (AvgIpc) is 2.42. The molecular weight excluding hydrogens is 266 g/mol.